The Labute approximate surface area is 123 Å². The van der Waals surface area contributed by atoms with E-state index in [9.17, 15) is 9.90 Å². The molecule has 1 aliphatic heterocycles. The molecule has 0 bridgehead atoms. The molecular formula is C16H19N3O2. The lowest BCUT2D eigenvalue weighted by molar-refractivity contribution is 0.0695. The highest BCUT2D eigenvalue weighted by Gasteiger charge is 2.25. The lowest BCUT2D eigenvalue weighted by Crippen LogP contribution is -2.37. The van der Waals surface area contributed by atoms with E-state index in [-0.39, 0.29) is 5.56 Å². The van der Waals surface area contributed by atoms with Gasteiger partial charge in [0.2, 0.25) is 0 Å². The van der Waals surface area contributed by atoms with Gasteiger partial charge in [0, 0.05) is 18.8 Å². The summed E-state index contributed by atoms with van der Waals surface area (Å²) in [7, 11) is 1.79. The molecule has 1 unspecified atom stereocenters. The molecule has 5 nitrogen and oxygen atoms in total. The summed E-state index contributed by atoms with van der Waals surface area (Å²) >= 11 is 0. The van der Waals surface area contributed by atoms with Gasteiger partial charge in [0.1, 0.15) is 5.56 Å². The zero-order valence-corrected chi connectivity index (χ0v) is 12.3. The smallest absolute Gasteiger partial charge is 0.339 e. The van der Waals surface area contributed by atoms with Crippen LogP contribution in [0.5, 0.6) is 0 Å². The van der Waals surface area contributed by atoms with Crippen LogP contribution in [0.1, 0.15) is 35.0 Å². The first-order valence-electron chi connectivity index (χ1n) is 7.16. The van der Waals surface area contributed by atoms with Crippen molar-refractivity contribution in [1.29, 1.82) is 0 Å². The Balaban J connectivity index is 1.98. The van der Waals surface area contributed by atoms with Gasteiger partial charge in [-0.1, -0.05) is 18.2 Å². The summed E-state index contributed by atoms with van der Waals surface area (Å²) in [6, 6.07) is 8.74. The summed E-state index contributed by atoms with van der Waals surface area (Å²) in [4.78, 5) is 13.6. The number of rotatable bonds is 3. The molecule has 2 heterocycles. The number of carboxylic acid groups (broad SMARTS) is 1. The molecule has 110 valence electrons. The highest BCUT2D eigenvalue weighted by Crippen LogP contribution is 2.32. The van der Waals surface area contributed by atoms with Gasteiger partial charge in [-0.15, -0.1) is 0 Å². The summed E-state index contributed by atoms with van der Waals surface area (Å²) in [6.07, 6.45) is 3.58. The van der Waals surface area contributed by atoms with Crippen LogP contribution in [-0.2, 0) is 20.0 Å². The van der Waals surface area contributed by atoms with E-state index in [0.717, 1.165) is 18.5 Å². The van der Waals surface area contributed by atoms with Crippen LogP contribution < -0.4 is 4.90 Å². The molecule has 0 saturated carbocycles. The molecule has 0 saturated heterocycles. The minimum absolute atomic E-state index is 0.285. The third kappa shape index (κ3) is 2.39. The topological polar surface area (TPSA) is 58.4 Å². The highest BCUT2D eigenvalue weighted by molar-refractivity contribution is 5.88. The number of para-hydroxylation sites is 1. The second-order valence-electron chi connectivity index (χ2n) is 5.58. The van der Waals surface area contributed by atoms with Gasteiger partial charge in [-0.3, -0.25) is 4.68 Å². The van der Waals surface area contributed by atoms with Crippen molar-refractivity contribution in [3.05, 3.63) is 47.3 Å². The highest BCUT2D eigenvalue weighted by atomic mass is 16.4. The molecule has 0 amide bonds. The third-order valence-electron chi connectivity index (χ3n) is 4.28. The van der Waals surface area contributed by atoms with Crippen molar-refractivity contribution < 1.29 is 9.90 Å². The molecule has 1 aliphatic rings. The number of fused-ring (bicyclic) bond motifs is 1. The van der Waals surface area contributed by atoms with Gasteiger partial charge in [0.15, 0.2) is 0 Å². The van der Waals surface area contributed by atoms with Crippen LogP contribution in [0.3, 0.4) is 0 Å². The second-order valence-corrected chi connectivity index (χ2v) is 5.58. The van der Waals surface area contributed by atoms with Gasteiger partial charge in [0.05, 0.1) is 18.4 Å². The Morgan fingerprint density at radius 1 is 1.43 bits per heavy atom. The molecule has 0 fully saturated rings. The number of aromatic carboxylic acids is 1. The van der Waals surface area contributed by atoms with Crippen molar-refractivity contribution in [1.82, 2.24) is 9.78 Å². The Bertz CT molecular complexity index is 678. The first-order chi connectivity index (χ1) is 10.1. The SMILES string of the molecule is CC1CCc2ccccc2N1Cc1c(C(=O)O)cnn1C. The average Bonchev–Trinajstić information content (AvgIpc) is 2.83. The van der Waals surface area contributed by atoms with Gasteiger partial charge < -0.3 is 10.0 Å². The van der Waals surface area contributed by atoms with Crippen LogP contribution in [0.2, 0.25) is 0 Å². The number of benzene rings is 1. The standard InChI is InChI=1S/C16H19N3O2/c1-11-7-8-12-5-3-4-6-14(12)19(11)10-15-13(16(20)21)9-17-18(15)2/h3-6,9,11H,7-8,10H2,1-2H3,(H,20,21). The molecule has 1 aromatic heterocycles. The summed E-state index contributed by atoms with van der Waals surface area (Å²) in [6.45, 7) is 2.75. The zero-order valence-electron chi connectivity index (χ0n) is 12.3. The number of carboxylic acids is 1. The number of carbonyl (C=O) groups is 1. The minimum atomic E-state index is -0.920. The summed E-state index contributed by atoms with van der Waals surface area (Å²) in [5.74, 6) is -0.920. The Morgan fingerprint density at radius 2 is 2.19 bits per heavy atom. The van der Waals surface area contributed by atoms with Gasteiger partial charge in [-0.2, -0.15) is 5.10 Å². The van der Waals surface area contributed by atoms with Gasteiger partial charge >= 0.3 is 5.97 Å². The molecule has 1 N–H and O–H groups in total. The van der Waals surface area contributed by atoms with E-state index in [1.807, 2.05) is 6.07 Å². The summed E-state index contributed by atoms with van der Waals surface area (Å²) < 4.78 is 1.66. The largest absolute Gasteiger partial charge is 0.478 e. The number of aromatic nitrogens is 2. The number of anilines is 1. The molecule has 1 aromatic carbocycles. The van der Waals surface area contributed by atoms with Crippen LogP contribution in [-0.4, -0.2) is 26.9 Å². The van der Waals surface area contributed by atoms with E-state index in [2.05, 4.69) is 35.1 Å². The lowest BCUT2D eigenvalue weighted by Gasteiger charge is -2.37. The summed E-state index contributed by atoms with van der Waals surface area (Å²) in [5, 5.41) is 13.4. The fourth-order valence-electron chi connectivity index (χ4n) is 2.99. The lowest BCUT2D eigenvalue weighted by atomic mass is 9.96. The third-order valence-corrected chi connectivity index (χ3v) is 4.28. The van der Waals surface area contributed by atoms with Crippen molar-refractivity contribution in [2.24, 2.45) is 7.05 Å². The molecule has 2 aromatic rings. The maximum Gasteiger partial charge on any atom is 0.339 e. The van der Waals surface area contributed by atoms with E-state index < -0.39 is 5.97 Å². The van der Waals surface area contributed by atoms with Crippen molar-refractivity contribution in [2.75, 3.05) is 4.90 Å². The molecule has 1 atom stereocenters. The molecule has 0 radical (unpaired) electrons. The van der Waals surface area contributed by atoms with Gasteiger partial charge in [-0.05, 0) is 31.4 Å². The van der Waals surface area contributed by atoms with Crippen LogP contribution in [0.15, 0.2) is 30.5 Å². The fourth-order valence-corrected chi connectivity index (χ4v) is 2.99. The summed E-state index contributed by atoms with van der Waals surface area (Å²) in [5.41, 5.74) is 3.56. The zero-order chi connectivity index (χ0) is 15.0. The minimum Gasteiger partial charge on any atom is -0.478 e. The quantitative estimate of drug-likeness (QED) is 0.941. The molecule has 5 heteroatoms. The van der Waals surface area contributed by atoms with Crippen LogP contribution in [0.25, 0.3) is 0 Å². The maximum absolute atomic E-state index is 11.3. The Hall–Kier alpha value is -2.30. The van der Waals surface area contributed by atoms with Crippen molar-refractivity contribution >= 4 is 11.7 Å². The molecule has 0 spiro atoms. The van der Waals surface area contributed by atoms with Crippen LogP contribution in [0, 0.1) is 0 Å². The van der Waals surface area contributed by atoms with E-state index in [1.54, 1.807) is 11.7 Å². The number of aryl methyl sites for hydroxylation is 2. The van der Waals surface area contributed by atoms with E-state index in [1.165, 1.54) is 17.4 Å². The van der Waals surface area contributed by atoms with Crippen LogP contribution >= 0.6 is 0 Å². The monoisotopic (exact) mass is 285 g/mol. The van der Waals surface area contributed by atoms with Crippen molar-refractivity contribution in [2.45, 2.75) is 32.4 Å². The van der Waals surface area contributed by atoms with E-state index in [4.69, 9.17) is 0 Å². The predicted octanol–water partition coefficient (Wildman–Crippen LogP) is 2.46. The maximum atomic E-state index is 11.3. The van der Waals surface area contributed by atoms with Crippen molar-refractivity contribution in [3.8, 4) is 0 Å². The normalized spacial score (nSPS) is 17.6. The van der Waals surface area contributed by atoms with Gasteiger partial charge in [-0.25, -0.2) is 4.79 Å². The average molecular weight is 285 g/mol. The number of hydrogen-bond donors (Lipinski definition) is 1. The first kappa shape index (κ1) is 13.7. The Kier molecular flexibility index (Phi) is 3.41. The molecular weight excluding hydrogens is 266 g/mol. The molecule has 0 aliphatic carbocycles. The van der Waals surface area contributed by atoms with Crippen LogP contribution in [0.4, 0.5) is 5.69 Å². The number of nitrogens with zero attached hydrogens (tertiary/aromatic N) is 3. The first-order valence-corrected chi connectivity index (χ1v) is 7.16. The van der Waals surface area contributed by atoms with E-state index in [0.29, 0.717) is 12.6 Å². The number of hydrogen-bond acceptors (Lipinski definition) is 3. The Morgan fingerprint density at radius 3 is 2.95 bits per heavy atom. The molecule has 21 heavy (non-hydrogen) atoms. The predicted molar refractivity (Wildman–Crippen MR) is 80.6 cm³/mol. The van der Waals surface area contributed by atoms with E-state index >= 15 is 0 Å². The second kappa shape index (κ2) is 5.24. The van der Waals surface area contributed by atoms with Crippen molar-refractivity contribution in [3.63, 3.8) is 0 Å². The fraction of sp³-hybridized carbons (Fsp3) is 0.375. The van der Waals surface area contributed by atoms with Gasteiger partial charge in [0.25, 0.3) is 0 Å². The molecule has 3 rings (SSSR count).